The SMILES string of the molecule is CCCCC[Se]/C=C/C1CCCCC1. The van der Waals surface area contributed by atoms with Crippen LogP contribution in [0.4, 0.5) is 0 Å². The number of rotatable bonds is 6. The molecule has 0 aromatic carbocycles. The summed E-state index contributed by atoms with van der Waals surface area (Å²) in [4.78, 5) is 2.50. The van der Waals surface area contributed by atoms with Crippen molar-refractivity contribution in [3.63, 3.8) is 0 Å². The van der Waals surface area contributed by atoms with Gasteiger partial charge in [0.2, 0.25) is 0 Å². The summed E-state index contributed by atoms with van der Waals surface area (Å²) in [5.74, 6) is 0.941. The summed E-state index contributed by atoms with van der Waals surface area (Å²) in [6.45, 7) is 2.28. The van der Waals surface area contributed by atoms with Gasteiger partial charge in [0, 0.05) is 0 Å². The van der Waals surface area contributed by atoms with Crippen LogP contribution in [0.1, 0.15) is 58.3 Å². The third kappa shape index (κ3) is 5.88. The molecule has 0 heterocycles. The normalized spacial score (nSPS) is 19.2. The molecule has 0 saturated heterocycles. The van der Waals surface area contributed by atoms with Crippen LogP contribution in [0.3, 0.4) is 0 Å². The van der Waals surface area contributed by atoms with Gasteiger partial charge in [-0.05, 0) is 0 Å². The second kappa shape index (κ2) is 8.56. The Morgan fingerprint density at radius 1 is 1.14 bits per heavy atom. The van der Waals surface area contributed by atoms with E-state index in [4.69, 9.17) is 0 Å². The van der Waals surface area contributed by atoms with Gasteiger partial charge in [-0.25, -0.2) is 0 Å². The van der Waals surface area contributed by atoms with Gasteiger partial charge in [-0.2, -0.15) is 0 Å². The molecule has 1 heteroatoms. The van der Waals surface area contributed by atoms with Crippen LogP contribution < -0.4 is 0 Å². The molecule has 0 aromatic rings. The summed E-state index contributed by atoms with van der Waals surface area (Å²) in [5, 5.41) is 1.46. The van der Waals surface area contributed by atoms with Crippen LogP contribution in [-0.2, 0) is 0 Å². The van der Waals surface area contributed by atoms with Gasteiger partial charge in [0.25, 0.3) is 0 Å². The summed E-state index contributed by atoms with van der Waals surface area (Å²) in [7, 11) is 0. The number of hydrogen-bond acceptors (Lipinski definition) is 0. The quantitative estimate of drug-likeness (QED) is 0.490. The number of allylic oxidation sites excluding steroid dienone is 1. The van der Waals surface area contributed by atoms with Crippen molar-refractivity contribution in [3.8, 4) is 0 Å². The standard InChI is InChI=1S/C13H24Se/c1-2-3-7-11-14-12-10-13-8-5-4-6-9-13/h10,12-13H,2-9,11H2,1H3/b12-10+. The molecular weight excluding hydrogens is 235 g/mol. The average Bonchev–Trinajstić information content (AvgIpc) is 2.25. The molecule has 0 bridgehead atoms. The van der Waals surface area contributed by atoms with Gasteiger partial charge in [-0.1, -0.05) is 0 Å². The molecule has 0 aliphatic heterocycles. The van der Waals surface area contributed by atoms with Gasteiger partial charge < -0.3 is 0 Å². The summed E-state index contributed by atoms with van der Waals surface area (Å²) in [5.41, 5.74) is 0. The first-order valence-electron chi connectivity index (χ1n) is 6.21. The zero-order valence-corrected chi connectivity index (χ0v) is 11.2. The van der Waals surface area contributed by atoms with Crippen molar-refractivity contribution in [1.82, 2.24) is 0 Å². The topological polar surface area (TPSA) is 0 Å². The van der Waals surface area contributed by atoms with Gasteiger partial charge in [-0.3, -0.25) is 0 Å². The molecule has 0 N–H and O–H groups in total. The Hall–Kier alpha value is 0.259. The van der Waals surface area contributed by atoms with Gasteiger partial charge in [0.15, 0.2) is 0 Å². The van der Waals surface area contributed by atoms with Crippen molar-refractivity contribution in [3.05, 3.63) is 11.1 Å². The van der Waals surface area contributed by atoms with Crippen LogP contribution in [0.5, 0.6) is 0 Å². The minimum absolute atomic E-state index is 0.798. The second-order valence-electron chi connectivity index (χ2n) is 4.30. The van der Waals surface area contributed by atoms with E-state index < -0.39 is 0 Å². The molecule has 0 atom stereocenters. The van der Waals surface area contributed by atoms with Crippen molar-refractivity contribution < 1.29 is 0 Å². The predicted octanol–water partition coefficient (Wildman–Crippen LogP) is 4.39. The second-order valence-corrected chi connectivity index (χ2v) is 6.43. The van der Waals surface area contributed by atoms with E-state index in [1.165, 1.54) is 56.7 Å². The molecule has 0 nitrogen and oxygen atoms in total. The molecule has 0 spiro atoms. The van der Waals surface area contributed by atoms with Crippen molar-refractivity contribution in [2.75, 3.05) is 0 Å². The van der Waals surface area contributed by atoms with Crippen LogP contribution >= 0.6 is 0 Å². The Labute approximate surface area is 95.7 Å². The molecule has 1 fully saturated rings. The fraction of sp³-hybridized carbons (Fsp3) is 0.846. The molecular formula is C13H24Se. The Balaban J connectivity index is 1.96. The molecule has 0 unspecified atom stereocenters. The molecule has 0 amide bonds. The Morgan fingerprint density at radius 3 is 2.64 bits per heavy atom. The third-order valence-electron chi connectivity index (χ3n) is 2.96. The molecule has 82 valence electrons. The van der Waals surface area contributed by atoms with Crippen LogP contribution in [0.25, 0.3) is 0 Å². The first kappa shape index (κ1) is 12.3. The first-order valence-corrected chi connectivity index (χ1v) is 8.42. The molecule has 1 rings (SSSR count). The van der Waals surface area contributed by atoms with Crippen molar-refractivity contribution >= 4 is 15.0 Å². The molecule has 0 aromatic heterocycles. The van der Waals surface area contributed by atoms with Gasteiger partial charge in [0.05, 0.1) is 0 Å². The Kier molecular flexibility index (Phi) is 7.54. The average molecular weight is 259 g/mol. The van der Waals surface area contributed by atoms with E-state index in [1.807, 2.05) is 0 Å². The summed E-state index contributed by atoms with van der Waals surface area (Å²) >= 11 is 0.798. The zero-order valence-electron chi connectivity index (χ0n) is 9.50. The number of hydrogen-bond donors (Lipinski definition) is 0. The minimum atomic E-state index is 0.798. The molecule has 0 radical (unpaired) electrons. The zero-order chi connectivity index (χ0) is 10.1. The molecule has 14 heavy (non-hydrogen) atoms. The fourth-order valence-electron chi connectivity index (χ4n) is 2.00. The van der Waals surface area contributed by atoms with Gasteiger partial charge in [0.1, 0.15) is 0 Å². The molecule has 1 aliphatic carbocycles. The first-order chi connectivity index (χ1) is 6.93. The van der Waals surface area contributed by atoms with E-state index >= 15 is 0 Å². The predicted molar refractivity (Wildman–Crippen MR) is 65.8 cm³/mol. The summed E-state index contributed by atoms with van der Waals surface area (Å²) in [6, 6.07) is 0. The Morgan fingerprint density at radius 2 is 1.93 bits per heavy atom. The maximum atomic E-state index is 2.52. The third-order valence-corrected chi connectivity index (χ3v) is 4.80. The van der Waals surface area contributed by atoms with E-state index in [-0.39, 0.29) is 0 Å². The van der Waals surface area contributed by atoms with E-state index in [0.717, 1.165) is 20.9 Å². The monoisotopic (exact) mass is 260 g/mol. The van der Waals surface area contributed by atoms with Gasteiger partial charge in [-0.15, -0.1) is 0 Å². The maximum absolute atomic E-state index is 2.52. The van der Waals surface area contributed by atoms with E-state index in [2.05, 4.69) is 18.0 Å². The summed E-state index contributed by atoms with van der Waals surface area (Å²) < 4.78 is 0. The van der Waals surface area contributed by atoms with Crippen molar-refractivity contribution in [2.24, 2.45) is 5.92 Å². The Bertz CT molecular complexity index is 145. The van der Waals surface area contributed by atoms with Crippen LogP contribution in [0.15, 0.2) is 11.1 Å². The van der Waals surface area contributed by atoms with Crippen LogP contribution in [0, 0.1) is 5.92 Å². The van der Waals surface area contributed by atoms with Gasteiger partial charge >= 0.3 is 95.5 Å². The van der Waals surface area contributed by atoms with Crippen molar-refractivity contribution in [2.45, 2.75) is 63.6 Å². The van der Waals surface area contributed by atoms with E-state index in [0.29, 0.717) is 0 Å². The van der Waals surface area contributed by atoms with Crippen molar-refractivity contribution in [1.29, 1.82) is 0 Å². The van der Waals surface area contributed by atoms with E-state index in [1.54, 1.807) is 0 Å². The van der Waals surface area contributed by atoms with E-state index in [9.17, 15) is 0 Å². The fourth-order valence-corrected chi connectivity index (χ4v) is 3.76. The molecule has 1 saturated carbocycles. The molecule has 1 aliphatic rings. The van der Waals surface area contributed by atoms with Crippen LogP contribution in [-0.4, -0.2) is 15.0 Å². The number of unbranched alkanes of at least 4 members (excludes halogenated alkanes) is 2. The van der Waals surface area contributed by atoms with Crippen LogP contribution in [0.2, 0.25) is 5.32 Å². The summed E-state index contributed by atoms with van der Waals surface area (Å²) in [6.07, 6.45) is 14.1.